The summed E-state index contributed by atoms with van der Waals surface area (Å²) in [6.45, 7) is 5.62. The molecule has 9 nitrogen and oxygen atoms in total. The molecule has 1 fully saturated rings. The minimum Gasteiger partial charge on any atom is -0.358 e. The average Bonchev–Trinajstić information content (AvgIpc) is 3.35. The molecule has 11 heteroatoms. The number of H-pyrrole nitrogens is 1. The van der Waals surface area contributed by atoms with Gasteiger partial charge in [-0.2, -0.15) is 0 Å². The van der Waals surface area contributed by atoms with Gasteiger partial charge in [-0.3, -0.25) is 9.59 Å². The fourth-order valence-corrected chi connectivity index (χ4v) is 5.41. The first-order valence-corrected chi connectivity index (χ1v) is 13.8. The third-order valence-corrected chi connectivity index (χ3v) is 7.40. The van der Waals surface area contributed by atoms with E-state index in [9.17, 15) is 14.0 Å². The van der Waals surface area contributed by atoms with Crippen molar-refractivity contribution in [3.63, 3.8) is 0 Å². The number of likely N-dealkylation sites (tertiary alicyclic amines) is 1. The van der Waals surface area contributed by atoms with Gasteiger partial charge in [-0.25, -0.2) is 14.4 Å². The van der Waals surface area contributed by atoms with Crippen LogP contribution in [0.3, 0.4) is 0 Å². The second-order valence-corrected chi connectivity index (χ2v) is 10.7. The fourth-order valence-electron chi connectivity index (χ4n) is 5.10. The zero-order chi connectivity index (χ0) is 27.4. The molecule has 0 spiro atoms. The van der Waals surface area contributed by atoms with Crippen LogP contribution in [0.15, 0.2) is 36.3 Å². The summed E-state index contributed by atoms with van der Waals surface area (Å²) in [5.41, 5.74) is 3.85. The lowest BCUT2D eigenvalue weighted by atomic mass is 10.1. The van der Waals surface area contributed by atoms with Crippen LogP contribution in [0, 0.1) is 6.92 Å². The number of hydrogen-bond acceptors (Lipinski definition) is 6. The van der Waals surface area contributed by atoms with E-state index in [-0.39, 0.29) is 24.7 Å². The van der Waals surface area contributed by atoms with Crippen LogP contribution < -0.4 is 16.0 Å². The molecule has 4 heterocycles. The van der Waals surface area contributed by atoms with Crippen molar-refractivity contribution in [2.24, 2.45) is 0 Å². The van der Waals surface area contributed by atoms with E-state index in [1.54, 1.807) is 18.2 Å². The van der Waals surface area contributed by atoms with Gasteiger partial charge in [0, 0.05) is 36.6 Å². The van der Waals surface area contributed by atoms with E-state index in [4.69, 9.17) is 11.6 Å². The van der Waals surface area contributed by atoms with Crippen LogP contribution in [0.25, 0.3) is 11.6 Å². The average molecular weight is 554 g/mol. The molecule has 2 aromatic heterocycles. The van der Waals surface area contributed by atoms with Crippen molar-refractivity contribution in [1.29, 1.82) is 0 Å². The van der Waals surface area contributed by atoms with Crippen LogP contribution in [0.4, 0.5) is 16.0 Å². The van der Waals surface area contributed by atoms with Crippen molar-refractivity contribution in [3.05, 3.63) is 58.8 Å². The third kappa shape index (κ3) is 6.75. The smallest absolute Gasteiger partial charge is 0.257 e. The number of carbonyl (C=O) groups is 2. The molecule has 5 rings (SSSR count). The van der Waals surface area contributed by atoms with Gasteiger partial charge in [-0.05, 0) is 68.8 Å². The number of allylic oxidation sites excluding steroid dienone is 3. The van der Waals surface area contributed by atoms with Crippen molar-refractivity contribution in [1.82, 2.24) is 25.2 Å². The molecule has 1 saturated heterocycles. The largest absolute Gasteiger partial charge is 0.358 e. The quantitative estimate of drug-likeness (QED) is 0.291. The molecule has 0 radical (unpaired) electrons. The number of anilines is 2. The molecule has 39 heavy (non-hydrogen) atoms. The van der Waals surface area contributed by atoms with Gasteiger partial charge in [-0.1, -0.05) is 6.42 Å². The van der Waals surface area contributed by atoms with Gasteiger partial charge in [0.1, 0.15) is 24.1 Å². The molecule has 4 N–H and O–H groups in total. The van der Waals surface area contributed by atoms with Gasteiger partial charge in [0.25, 0.3) is 5.91 Å². The van der Waals surface area contributed by atoms with E-state index in [1.165, 1.54) is 31.7 Å². The van der Waals surface area contributed by atoms with Crippen molar-refractivity contribution in [3.8, 4) is 0 Å². The number of aryl methyl sites for hydroxylation is 1. The van der Waals surface area contributed by atoms with Crippen LogP contribution in [0.1, 0.15) is 48.2 Å². The highest BCUT2D eigenvalue weighted by Crippen LogP contribution is 2.37. The number of aromatic amines is 1. The molecule has 2 aliphatic heterocycles. The molecule has 2 unspecified atom stereocenters. The summed E-state index contributed by atoms with van der Waals surface area (Å²) in [5, 5.41) is 8.47. The van der Waals surface area contributed by atoms with Gasteiger partial charge in [0.2, 0.25) is 5.91 Å². The summed E-state index contributed by atoms with van der Waals surface area (Å²) < 4.78 is 13.9. The highest BCUT2D eigenvalue weighted by molar-refractivity contribution is 6.35. The predicted molar refractivity (Wildman–Crippen MR) is 151 cm³/mol. The first kappa shape index (κ1) is 27.1. The normalized spacial score (nSPS) is 22.3. The fraction of sp³-hybridized carbons (Fsp3) is 0.429. The van der Waals surface area contributed by atoms with Gasteiger partial charge in [0.15, 0.2) is 0 Å². The number of halogens is 2. The predicted octanol–water partition coefficient (Wildman–Crippen LogP) is 3.95. The van der Waals surface area contributed by atoms with E-state index in [2.05, 4.69) is 35.8 Å². The minimum absolute atomic E-state index is 0.0471. The highest BCUT2D eigenvalue weighted by Gasteiger charge is 2.30. The van der Waals surface area contributed by atoms with Crippen LogP contribution in [-0.4, -0.2) is 69.4 Å². The lowest BCUT2D eigenvalue weighted by Crippen LogP contribution is -2.38. The number of piperidine rings is 1. The molecule has 0 saturated carbocycles. The van der Waals surface area contributed by atoms with Crippen LogP contribution in [0.2, 0.25) is 0 Å². The van der Waals surface area contributed by atoms with E-state index in [0.29, 0.717) is 40.7 Å². The van der Waals surface area contributed by atoms with Gasteiger partial charge in [-0.15, -0.1) is 11.6 Å². The van der Waals surface area contributed by atoms with Gasteiger partial charge >= 0.3 is 0 Å². The summed E-state index contributed by atoms with van der Waals surface area (Å²) >= 11 is 6.23. The Morgan fingerprint density at radius 1 is 1.28 bits per heavy atom. The van der Waals surface area contributed by atoms with Gasteiger partial charge in [0.05, 0.1) is 22.9 Å². The molecule has 1 aliphatic carbocycles. The zero-order valence-electron chi connectivity index (χ0n) is 21.9. The summed E-state index contributed by atoms with van der Waals surface area (Å²) in [7, 11) is 0. The summed E-state index contributed by atoms with van der Waals surface area (Å²) in [6.07, 6.45) is 10.9. The SMILES string of the molecule is Cc1cc(CC(=O)NCCN2CCCCC2)[nH]c1/C=C1\C(=O)Nc2ncnc(NC3=CC(Cl)CC(F)C=C3)c21. The van der Waals surface area contributed by atoms with Gasteiger partial charge < -0.3 is 25.8 Å². The second-order valence-electron chi connectivity index (χ2n) is 10.2. The molecule has 3 aliphatic rings. The summed E-state index contributed by atoms with van der Waals surface area (Å²) in [6, 6.07) is 1.92. The third-order valence-electron chi connectivity index (χ3n) is 7.10. The number of nitrogens with zero attached hydrogens (tertiary/aromatic N) is 3. The van der Waals surface area contributed by atoms with E-state index in [1.807, 2.05) is 13.0 Å². The number of hydrogen-bond donors (Lipinski definition) is 4. The van der Waals surface area contributed by atoms with Crippen LogP contribution >= 0.6 is 11.6 Å². The molecule has 2 atom stereocenters. The number of alkyl halides is 2. The molecule has 0 aromatic carbocycles. The summed E-state index contributed by atoms with van der Waals surface area (Å²) in [4.78, 5) is 39.7. The standard InChI is InChI=1S/C28H33ClFN7O2/c1-17-11-21(14-24(38)31-7-10-37-8-3-2-4-9-37)34-23(17)15-22-25-26(32-16-33-27(25)36-28(22)39)35-20-6-5-19(30)12-18(29)13-20/h5-6,11,13,15-16,18-19,34H,2-4,7-10,12,14H2,1H3,(H,31,38)(H2,32,33,35,36,39)/b22-15-. The topological polar surface area (TPSA) is 115 Å². The Morgan fingerprint density at radius 3 is 2.92 bits per heavy atom. The number of carbonyl (C=O) groups excluding carboxylic acids is 2. The zero-order valence-corrected chi connectivity index (χ0v) is 22.7. The maximum Gasteiger partial charge on any atom is 0.257 e. The Morgan fingerprint density at radius 2 is 2.10 bits per heavy atom. The molecular formula is C28H33ClFN7O2. The lowest BCUT2D eigenvalue weighted by molar-refractivity contribution is -0.120. The van der Waals surface area contributed by atoms with E-state index < -0.39 is 11.5 Å². The molecular weight excluding hydrogens is 521 g/mol. The van der Waals surface area contributed by atoms with E-state index >= 15 is 0 Å². The van der Waals surface area contributed by atoms with Crippen LogP contribution in [0.5, 0.6) is 0 Å². The number of nitrogens with one attached hydrogen (secondary N) is 4. The highest BCUT2D eigenvalue weighted by atomic mass is 35.5. The maximum absolute atomic E-state index is 13.9. The van der Waals surface area contributed by atoms with Crippen molar-refractivity contribution >= 4 is 46.7 Å². The Hall–Kier alpha value is -3.50. The summed E-state index contributed by atoms with van der Waals surface area (Å²) in [5.74, 6) is 0.419. The van der Waals surface area contributed by atoms with Crippen molar-refractivity contribution < 1.29 is 14.0 Å². The first-order chi connectivity index (χ1) is 18.9. The maximum atomic E-state index is 13.9. The number of aromatic nitrogens is 3. The van der Waals surface area contributed by atoms with Crippen molar-refractivity contribution in [2.45, 2.75) is 50.6 Å². The number of rotatable bonds is 8. The Balaban J connectivity index is 1.30. The lowest BCUT2D eigenvalue weighted by Gasteiger charge is -2.26. The number of amides is 2. The monoisotopic (exact) mass is 553 g/mol. The molecule has 2 aromatic rings. The van der Waals surface area contributed by atoms with Crippen molar-refractivity contribution in [2.75, 3.05) is 36.8 Å². The first-order valence-electron chi connectivity index (χ1n) is 13.4. The Labute approximate surface area is 232 Å². The minimum atomic E-state index is -1.14. The number of fused-ring (bicyclic) bond motifs is 1. The Kier molecular flexibility index (Phi) is 8.42. The molecule has 2 amide bonds. The molecule has 206 valence electrons. The Bertz CT molecular complexity index is 1330. The van der Waals surface area contributed by atoms with Crippen LogP contribution in [-0.2, 0) is 16.0 Å². The molecule has 0 bridgehead atoms. The second kappa shape index (κ2) is 12.1. The van der Waals surface area contributed by atoms with E-state index in [0.717, 1.165) is 30.9 Å².